The fourth-order valence-electron chi connectivity index (χ4n) is 2.88. The number of benzene rings is 3. The van der Waals surface area contributed by atoms with Crippen molar-refractivity contribution in [3.8, 4) is 0 Å². The molecule has 32 heavy (non-hydrogen) atoms. The smallest absolute Gasteiger partial charge is 0.261 e. The Morgan fingerprint density at radius 3 is 1.88 bits per heavy atom. The third-order valence-corrected chi connectivity index (χ3v) is 7.57. The lowest BCUT2D eigenvalue weighted by atomic mass is 10.1. The van der Waals surface area contributed by atoms with E-state index in [1.165, 1.54) is 43.4 Å². The molecule has 1 amide bonds. The summed E-state index contributed by atoms with van der Waals surface area (Å²) >= 11 is 0. The van der Waals surface area contributed by atoms with E-state index < -0.39 is 26.0 Å². The van der Waals surface area contributed by atoms with Crippen LogP contribution in [0.25, 0.3) is 0 Å². The van der Waals surface area contributed by atoms with E-state index in [-0.39, 0.29) is 15.4 Å². The van der Waals surface area contributed by atoms with Gasteiger partial charge >= 0.3 is 0 Å². The lowest BCUT2D eigenvalue weighted by Crippen LogP contribution is -2.20. The quantitative estimate of drug-likeness (QED) is 0.486. The van der Waals surface area contributed by atoms with Crippen molar-refractivity contribution in [2.24, 2.45) is 0 Å². The SMILES string of the molecule is CNS(=O)(=O)c1ccc(C)c(C(=O)Nc2ccc(NS(=O)(=O)c3ccc(C)cc3)cc2)c1. The first kappa shape index (κ1) is 23.5. The van der Waals surface area contributed by atoms with Gasteiger partial charge in [-0.1, -0.05) is 23.8 Å². The van der Waals surface area contributed by atoms with E-state index in [2.05, 4.69) is 14.8 Å². The molecule has 0 radical (unpaired) electrons. The Bertz CT molecular complexity index is 1350. The number of sulfonamides is 2. The van der Waals surface area contributed by atoms with Crippen LogP contribution in [0.2, 0.25) is 0 Å². The van der Waals surface area contributed by atoms with Crippen LogP contribution in [0.4, 0.5) is 11.4 Å². The van der Waals surface area contributed by atoms with Crippen molar-refractivity contribution >= 4 is 37.3 Å². The number of aryl methyl sites for hydroxylation is 2. The zero-order chi connectivity index (χ0) is 23.5. The first-order valence-corrected chi connectivity index (χ1v) is 12.5. The van der Waals surface area contributed by atoms with Crippen LogP contribution in [-0.2, 0) is 20.0 Å². The highest BCUT2D eigenvalue weighted by Crippen LogP contribution is 2.21. The topological polar surface area (TPSA) is 121 Å². The molecule has 0 unspecified atom stereocenters. The Labute approximate surface area is 187 Å². The molecule has 3 N–H and O–H groups in total. The summed E-state index contributed by atoms with van der Waals surface area (Å²) in [5, 5.41) is 2.69. The summed E-state index contributed by atoms with van der Waals surface area (Å²) in [7, 11) is -6.13. The third kappa shape index (κ3) is 5.34. The average Bonchev–Trinajstić information content (AvgIpc) is 2.75. The first-order chi connectivity index (χ1) is 15.0. The normalized spacial score (nSPS) is 11.7. The molecule has 168 valence electrons. The summed E-state index contributed by atoms with van der Waals surface area (Å²) in [6.07, 6.45) is 0. The average molecular weight is 474 g/mol. The number of anilines is 2. The van der Waals surface area contributed by atoms with Gasteiger partial charge in [0.1, 0.15) is 0 Å². The van der Waals surface area contributed by atoms with Crippen LogP contribution in [0.1, 0.15) is 21.5 Å². The molecule has 0 heterocycles. The lowest BCUT2D eigenvalue weighted by Gasteiger charge is -2.11. The summed E-state index contributed by atoms with van der Waals surface area (Å²) in [6.45, 7) is 3.57. The maximum Gasteiger partial charge on any atom is 0.261 e. The van der Waals surface area contributed by atoms with E-state index in [0.717, 1.165) is 5.56 Å². The van der Waals surface area contributed by atoms with Gasteiger partial charge in [0, 0.05) is 16.9 Å². The number of amides is 1. The van der Waals surface area contributed by atoms with Crippen molar-refractivity contribution in [2.45, 2.75) is 23.6 Å². The Morgan fingerprint density at radius 2 is 1.28 bits per heavy atom. The number of carbonyl (C=O) groups excluding carboxylic acids is 1. The predicted octanol–water partition coefficient (Wildman–Crippen LogP) is 3.26. The molecule has 0 aliphatic rings. The minimum Gasteiger partial charge on any atom is -0.322 e. The highest BCUT2D eigenvalue weighted by Gasteiger charge is 2.17. The fraction of sp³-hybridized carbons (Fsp3) is 0.136. The number of nitrogens with one attached hydrogen (secondary N) is 3. The van der Waals surface area contributed by atoms with Crippen molar-refractivity contribution in [3.63, 3.8) is 0 Å². The Morgan fingerprint density at radius 1 is 0.719 bits per heavy atom. The first-order valence-electron chi connectivity index (χ1n) is 9.57. The molecule has 0 bridgehead atoms. The highest BCUT2D eigenvalue weighted by atomic mass is 32.2. The van der Waals surface area contributed by atoms with Gasteiger partial charge in [-0.15, -0.1) is 0 Å². The Hall–Kier alpha value is -3.21. The Kier molecular flexibility index (Phi) is 6.68. The van der Waals surface area contributed by atoms with Gasteiger partial charge < -0.3 is 5.32 Å². The number of rotatable bonds is 7. The van der Waals surface area contributed by atoms with Crippen molar-refractivity contribution in [1.29, 1.82) is 0 Å². The molecular formula is C22H23N3O5S2. The van der Waals surface area contributed by atoms with Crippen LogP contribution in [0.3, 0.4) is 0 Å². The van der Waals surface area contributed by atoms with E-state index in [1.807, 2.05) is 6.92 Å². The maximum atomic E-state index is 12.7. The third-order valence-electron chi connectivity index (χ3n) is 4.76. The minimum absolute atomic E-state index is 0.0170. The van der Waals surface area contributed by atoms with Gasteiger partial charge in [0.25, 0.3) is 15.9 Å². The molecule has 0 aliphatic carbocycles. The molecule has 0 fully saturated rings. The molecule has 3 aromatic carbocycles. The van der Waals surface area contributed by atoms with Crippen LogP contribution in [0.15, 0.2) is 76.5 Å². The molecule has 8 nitrogen and oxygen atoms in total. The van der Waals surface area contributed by atoms with Gasteiger partial charge in [0.05, 0.1) is 9.79 Å². The predicted molar refractivity (Wildman–Crippen MR) is 124 cm³/mol. The largest absolute Gasteiger partial charge is 0.322 e. The molecule has 3 aromatic rings. The summed E-state index contributed by atoms with van der Waals surface area (Å²) in [5.74, 6) is -0.483. The zero-order valence-corrected chi connectivity index (χ0v) is 19.3. The highest BCUT2D eigenvalue weighted by molar-refractivity contribution is 7.92. The van der Waals surface area contributed by atoms with E-state index in [4.69, 9.17) is 0 Å². The van der Waals surface area contributed by atoms with Crippen molar-refractivity contribution < 1.29 is 21.6 Å². The lowest BCUT2D eigenvalue weighted by molar-refractivity contribution is 0.102. The van der Waals surface area contributed by atoms with E-state index >= 15 is 0 Å². The van der Waals surface area contributed by atoms with Crippen LogP contribution in [0, 0.1) is 13.8 Å². The molecule has 0 saturated heterocycles. The second kappa shape index (κ2) is 9.11. The molecule has 0 aliphatic heterocycles. The van der Waals surface area contributed by atoms with E-state index in [0.29, 0.717) is 16.9 Å². The summed E-state index contributed by atoms with van der Waals surface area (Å²) in [6, 6.07) is 16.9. The molecular weight excluding hydrogens is 450 g/mol. The molecule has 0 atom stereocenters. The van der Waals surface area contributed by atoms with Crippen LogP contribution < -0.4 is 14.8 Å². The van der Waals surface area contributed by atoms with Crippen LogP contribution >= 0.6 is 0 Å². The summed E-state index contributed by atoms with van der Waals surface area (Å²) in [4.78, 5) is 12.8. The van der Waals surface area contributed by atoms with Gasteiger partial charge in [-0.2, -0.15) is 0 Å². The number of hydrogen-bond acceptors (Lipinski definition) is 5. The maximum absolute atomic E-state index is 12.7. The zero-order valence-electron chi connectivity index (χ0n) is 17.7. The Balaban J connectivity index is 1.75. The molecule has 3 rings (SSSR count). The molecule has 0 saturated carbocycles. The van der Waals surface area contributed by atoms with Crippen molar-refractivity contribution in [3.05, 3.63) is 83.4 Å². The van der Waals surface area contributed by atoms with E-state index in [9.17, 15) is 21.6 Å². The second-order valence-electron chi connectivity index (χ2n) is 7.13. The van der Waals surface area contributed by atoms with Crippen LogP contribution in [-0.4, -0.2) is 29.8 Å². The molecule has 0 spiro atoms. The summed E-state index contributed by atoms with van der Waals surface area (Å²) < 4.78 is 53.7. The summed E-state index contributed by atoms with van der Waals surface area (Å²) in [5.41, 5.74) is 2.54. The van der Waals surface area contributed by atoms with E-state index in [1.54, 1.807) is 37.3 Å². The van der Waals surface area contributed by atoms with Gasteiger partial charge in [0.15, 0.2) is 0 Å². The molecule has 10 heteroatoms. The minimum atomic E-state index is -3.74. The van der Waals surface area contributed by atoms with Crippen molar-refractivity contribution in [1.82, 2.24) is 4.72 Å². The second-order valence-corrected chi connectivity index (χ2v) is 10.7. The van der Waals surface area contributed by atoms with Gasteiger partial charge in [0.2, 0.25) is 10.0 Å². The van der Waals surface area contributed by atoms with Gasteiger partial charge in [-0.25, -0.2) is 21.6 Å². The monoisotopic (exact) mass is 473 g/mol. The van der Waals surface area contributed by atoms with Crippen LogP contribution in [0.5, 0.6) is 0 Å². The number of carbonyl (C=O) groups is 1. The standard InChI is InChI=1S/C22H23N3O5S2/c1-15-4-11-19(12-5-15)32(29,30)25-18-9-7-17(8-10-18)24-22(26)21-14-20(13-6-16(21)2)31(27,28)23-3/h4-14,23,25H,1-3H3,(H,24,26). The fourth-order valence-corrected chi connectivity index (χ4v) is 4.70. The van der Waals surface area contributed by atoms with Gasteiger partial charge in [-0.3, -0.25) is 9.52 Å². The van der Waals surface area contributed by atoms with Gasteiger partial charge in [-0.05, 0) is 75.0 Å². The molecule has 0 aromatic heterocycles. The van der Waals surface area contributed by atoms with Crippen molar-refractivity contribution in [2.75, 3.05) is 17.1 Å². The number of hydrogen-bond donors (Lipinski definition) is 3.